The van der Waals surface area contributed by atoms with E-state index in [0.29, 0.717) is 5.04 Å². The van der Waals surface area contributed by atoms with Gasteiger partial charge in [0.1, 0.15) is 0 Å². The van der Waals surface area contributed by atoms with Crippen LogP contribution in [0.3, 0.4) is 0 Å². The van der Waals surface area contributed by atoms with Crippen LogP contribution in [-0.2, 0) is 0 Å². The van der Waals surface area contributed by atoms with E-state index in [2.05, 4.69) is 0 Å². The molecule has 0 spiro atoms. The highest BCUT2D eigenvalue weighted by atomic mass is 32.2. The highest BCUT2D eigenvalue weighted by Crippen LogP contribution is 2.06. The van der Waals surface area contributed by atoms with Crippen molar-refractivity contribution in [3.63, 3.8) is 0 Å². The fourth-order valence-corrected chi connectivity index (χ4v) is 0.867. The summed E-state index contributed by atoms with van der Waals surface area (Å²) in [5, 5.41) is 8.02. The Labute approximate surface area is 66.7 Å². The van der Waals surface area contributed by atoms with Gasteiger partial charge in [-0.2, -0.15) is 0 Å². The van der Waals surface area contributed by atoms with Gasteiger partial charge in [-0.3, -0.25) is 5.41 Å². The standard InChI is InChI=1S/C8H13NS/c1-4-5-6-7(2)8(9)10-3/h4-6,9H,1-3H3/b5-4-,7-6+,9-8?. The van der Waals surface area contributed by atoms with Gasteiger partial charge in [0, 0.05) is 0 Å². The first-order chi connectivity index (χ1) is 4.72. The van der Waals surface area contributed by atoms with Gasteiger partial charge in [-0.25, -0.2) is 0 Å². The number of hydrogen-bond donors (Lipinski definition) is 1. The van der Waals surface area contributed by atoms with E-state index in [-0.39, 0.29) is 0 Å². The highest BCUT2D eigenvalue weighted by Gasteiger charge is 1.92. The molecule has 0 aromatic heterocycles. The number of allylic oxidation sites excluding steroid dienone is 3. The predicted molar refractivity (Wildman–Crippen MR) is 49.8 cm³/mol. The monoisotopic (exact) mass is 155 g/mol. The molecule has 0 saturated heterocycles. The summed E-state index contributed by atoms with van der Waals surface area (Å²) in [4.78, 5) is 0. The van der Waals surface area contributed by atoms with Gasteiger partial charge in [-0.05, 0) is 25.7 Å². The fourth-order valence-electron chi connectivity index (χ4n) is 0.477. The molecule has 0 saturated carbocycles. The lowest BCUT2D eigenvalue weighted by Gasteiger charge is -1.95. The second-order valence-electron chi connectivity index (χ2n) is 1.91. The number of rotatable bonds is 2. The molecular formula is C8H13NS. The molecule has 0 unspecified atom stereocenters. The van der Waals surface area contributed by atoms with Gasteiger partial charge >= 0.3 is 0 Å². The van der Waals surface area contributed by atoms with E-state index < -0.39 is 0 Å². The van der Waals surface area contributed by atoms with E-state index in [1.807, 2.05) is 38.3 Å². The lowest BCUT2D eigenvalue weighted by Crippen LogP contribution is -1.88. The van der Waals surface area contributed by atoms with Crippen LogP contribution >= 0.6 is 11.8 Å². The van der Waals surface area contributed by atoms with E-state index in [0.717, 1.165) is 5.57 Å². The average molecular weight is 155 g/mol. The van der Waals surface area contributed by atoms with Crippen LogP contribution < -0.4 is 0 Å². The maximum atomic E-state index is 7.38. The zero-order valence-electron chi connectivity index (χ0n) is 6.64. The zero-order valence-corrected chi connectivity index (χ0v) is 7.46. The lowest BCUT2D eigenvalue weighted by molar-refractivity contribution is 1.49. The van der Waals surface area contributed by atoms with E-state index in [4.69, 9.17) is 5.41 Å². The Morgan fingerprint density at radius 1 is 1.50 bits per heavy atom. The van der Waals surface area contributed by atoms with Crippen LogP contribution in [0.15, 0.2) is 23.8 Å². The maximum absolute atomic E-state index is 7.38. The van der Waals surface area contributed by atoms with E-state index in [9.17, 15) is 0 Å². The molecule has 0 heterocycles. The second kappa shape index (κ2) is 5.30. The third kappa shape index (κ3) is 3.51. The average Bonchev–Trinajstić information content (AvgIpc) is 1.98. The second-order valence-corrected chi connectivity index (χ2v) is 2.73. The summed E-state index contributed by atoms with van der Waals surface area (Å²) in [5.41, 5.74) is 1.02. The molecule has 0 bridgehead atoms. The summed E-state index contributed by atoms with van der Waals surface area (Å²) >= 11 is 1.46. The summed E-state index contributed by atoms with van der Waals surface area (Å²) in [6, 6.07) is 0. The summed E-state index contributed by atoms with van der Waals surface area (Å²) in [7, 11) is 0. The van der Waals surface area contributed by atoms with E-state index in [1.165, 1.54) is 11.8 Å². The topological polar surface area (TPSA) is 23.9 Å². The van der Waals surface area contributed by atoms with Crippen molar-refractivity contribution >= 4 is 16.8 Å². The van der Waals surface area contributed by atoms with Gasteiger partial charge < -0.3 is 0 Å². The van der Waals surface area contributed by atoms with Crippen molar-refractivity contribution < 1.29 is 0 Å². The predicted octanol–water partition coefficient (Wildman–Crippen LogP) is 2.85. The van der Waals surface area contributed by atoms with Crippen molar-refractivity contribution in [3.05, 3.63) is 23.8 Å². The molecule has 0 atom stereocenters. The van der Waals surface area contributed by atoms with Crippen LogP contribution in [0.25, 0.3) is 0 Å². The molecule has 0 aromatic rings. The molecular weight excluding hydrogens is 142 g/mol. The Morgan fingerprint density at radius 2 is 2.10 bits per heavy atom. The minimum Gasteiger partial charge on any atom is -0.294 e. The summed E-state index contributed by atoms with van der Waals surface area (Å²) in [5.74, 6) is 0. The number of nitrogens with one attached hydrogen (secondary N) is 1. The Kier molecular flexibility index (Phi) is 5.03. The molecule has 0 amide bonds. The first kappa shape index (κ1) is 9.50. The first-order valence-electron chi connectivity index (χ1n) is 3.15. The van der Waals surface area contributed by atoms with Gasteiger partial charge in [0.25, 0.3) is 0 Å². The van der Waals surface area contributed by atoms with Gasteiger partial charge in [0.2, 0.25) is 0 Å². The molecule has 0 rings (SSSR count). The molecule has 56 valence electrons. The van der Waals surface area contributed by atoms with Crippen molar-refractivity contribution in [1.29, 1.82) is 5.41 Å². The maximum Gasteiger partial charge on any atom is 0.0896 e. The van der Waals surface area contributed by atoms with Crippen LogP contribution in [0, 0.1) is 5.41 Å². The molecule has 10 heavy (non-hydrogen) atoms. The Hall–Kier alpha value is -0.500. The third-order valence-corrected chi connectivity index (χ3v) is 1.83. The van der Waals surface area contributed by atoms with E-state index >= 15 is 0 Å². The molecule has 0 aliphatic rings. The minimum atomic E-state index is 0.637. The molecule has 2 heteroatoms. The number of thioether (sulfide) groups is 1. The molecule has 0 radical (unpaired) electrons. The SMILES string of the molecule is C/C=C\C=C(/C)C(=N)SC. The van der Waals surface area contributed by atoms with Gasteiger partial charge in [-0.1, -0.05) is 18.2 Å². The lowest BCUT2D eigenvalue weighted by atomic mass is 10.3. The van der Waals surface area contributed by atoms with Crippen molar-refractivity contribution in [2.24, 2.45) is 0 Å². The Balaban J connectivity index is 4.05. The van der Waals surface area contributed by atoms with Crippen molar-refractivity contribution in [1.82, 2.24) is 0 Å². The van der Waals surface area contributed by atoms with Crippen LogP contribution in [0.4, 0.5) is 0 Å². The fraction of sp³-hybridized carbons (Fsp3) is 0.375. The molecule has 1 nitrogen and oxygen atoms in total. The Morgan fingerprint density at radius 3 is 2.50 bits per heavy atom. The number of hydrogen-bond acceptors (Lipinski definition) is 2. The summed E-state index contributed by atoms with van der Waals surface area (Å²) in [6.45, 7) is 3.91. The van der Waals surface area contributed by atoms with Crippen molar-refractivity contribution in [2.75, 3.05) is 6.26 Å². The van der Waals surface area contributed by atoms with Crippen LogP contribution in [0.5, 0.6) is 0 Å². The minimum absolute atomic E-state index is 0.637. The summed E-state index contributed by atoms with van der Waals surface area (Å²) < 4.78 is 0. The van der Waals surface area contributed by atoms with Crippen LogP contribution in [0.2, 0.25) is 0 Å². The van der Waals surface area contributed by atoms with Gasteiger partial charge in [0.15, 0.2) is 0 Å². The summed E-state index contributed by atoms with van der Waals surface area (Å²) in [6.07, 6.45) is 7.76. The normalized spacial score (nSPS) is 12.5. The van der Waals surface area contributed by atoms with Gasteiger partial charge in [-0.15, -0.1) is 11.8 Å². The van der Waals surface area contributed by atoms with Crippen LogP contribution in [-0.4, -0.2) is 11.3 Å². The van der Waals surface area contributed by atoms with E-state index in [1.54, 1.807) is 0 Å². The molecule has 1 N–H and O–H groups in total. The Bertz CT molecular complexity index is 168. The molecule has 0 aromatic carbocycles. The molecule has 0 fully saturated rings. The van der Waals surface area contributed by atoms with Crippen molar-refractivity contribution in [3.8, 4) is 0 Å². The van der Waals surface area contributed by atoms with Crippen molar-refractivity contribution in [2.45, 2.75) is 13.8 Å². The zero-order chi connectivity index (χ0) is 7.98. The first-order valence-corrected chi connectivity index (χ1v) is 4.37. The van der Waals surface area contributed by atoms with Gasteiger partial charge in [0.05, 0.1) is 5.04 Å². The molecule has 0 aliphatic carbocycles. The quantitative estimate of drug-likeness (QED) is 0.370. The largest absolute Gasteiger partial charge is 0.294 e. The highest BCUT2D eigenvalue weighted by molar-refractivity contribution is 8.13. The smallest absolute Gasteiger partial charge is 0.0896 e. The molecule has 0 aliphatic heterocycles. The third-order valence-electron chi connectivity index (χ3n) is 1.10. The van der Waals surface area contributed by atoms with Crippen LogP contribution in [0.1, 0.15) is 13.8 Å².